The number of ether oxygens (including phenoxy) is 1. The fraction of sp³-hybridized carbons (Fsp3) is 0.318. The Bertz CT molecular complexity index is 2030. The molecule has 0 aliphatic carbocycles. The zero-order valence-electron chi connectivity index (χ0n) is 32.3. The van der Waals surface area contributed by atoms with E-state index < -0.39 is 37.5 Å². The molecule has 0 unspecified atom stereocenters. The van der Waals surface area contributed by atoms with Crippen LogP contribution in [-0.2, 0) is 14.8 Å². The van der Waals surface area contributed by atoms with E-state index in [1.807, 2.05) is 93.0 Å². The molecule has 1 amide bonds. The van der Waals surface area contributed by atoms with E-state index in [1.165, 1.54) is 4.57 Å². The second-order valence-corrected chi connectivity index (χ2v) is 17.4. The first-order valence-electron chi connectivity index (χ1n) is 19.1. The Kier molecular flexibility index (Phi) is 13.2. The summed E-state index contributed by atoms with van der Waals surface area (Å²) >= 11 is 0. The molecule has 6 rings (SSSR count). The normalized spacial score (nSPS) is 17.6. The van der Waals surface area contributed by atoms with E-state index in [-0.39, 0.29) is 43.0 Å². The third-order valence-corrected chi connectivity index (χ3v) is 13.6. The van der Waals surface area contributed by atoms with E-state index in [9.17, 15) is 19.7 Å². The maximum atomic E-state index is 13.7. The number of hydrogen-bond donors (Lipinski definition) is 3. The van der Waals surface area contributed by atoms with Gasteiger partial charge in [-0.05, 0) is 12.1 Å². The molecule has 1 saturated heterocycles. The summed E-state index contributed by atoms with van der Waals surface area (Å²) in [7, 11) is -3.66. The topological polar surface area (TPSA) is 142 Å². The summed E-state index contributed by atoms with van der Waals surface area (Å²) in [5.41, 5.74) is 2.00. The summed E-state index contributed by atoms with van der Waals surface area (Å²) in [4.78, 5) is 43.0. The number of nitrogens with one attached hydrogen (secondary N) is 2. The van der Waals surface area contributed by atoms with Gasteiger partial charge in [0.2, 0.25) is 0 Å². The summed E-state index contributed by atoms with van der Waals surface area (Å²) in [6.45, 7) is 8.05. The zero-order valence-corrected chi connectivity index (χ0v) is 33.3. The molecule has 3 atom stereocenters. The van der Waals surface area contributed by atoms with Crippen molar-refractivity contribution in [2.75, 3.05) is 18.1 Å². The van der Waals surface area contributed by atoms with Crippen LogP contribution in [0.5, 0.6) is 0 Å². The van der Waals surface area contributed by atoms with E-state index >= 15 is 0 Å². The number of anilines is 1. The van der Waals surface area contributed by atoms with Gasteiger partial charge in [-0.3, -0.25) is 0 Å². The molecule has 1 aromatic heterocycles. The van der Waals surface area contributed by atoms with E-state index in [1.54, 1.807) is 36.5 Å². The molecule has 1 aliphatic rings. The predicted octanol–water partition coefficient (Wildman–Crippen LogP) is 7.27. The molecule has 0 saturated carbocycles. The number of nitrogens with zero attached hydrogens (tertiary/aromatic N) is 4. The van der Waals surface area contributed by atoms with Crippen LogP contribution in [0.3, 0.4) is 0 Å². The third kappa shape index (κ3) is 8.98. The molecule has 1 fully saturated rings. The van der Waals surface area contributed by atoms with Crippen LogP contribution < -0.4 is 16.3 Å². The van der Waals surface area contributed by atoms with Crippen LogP contribution in [0.4, 0.5) is 5.82 Å². The van der Waals surface area contributed by atoms with Gasteiger partial charge in [-0.2, -0.15) is 0 Å². The summed E-state index contributed by atoms with van der Waals surface area (Å²) < 4.78 is 16.8. The first-order valence-corrected chi connectivity index (χ1v) is 21.1. The molecular weight excluding hydrogens is 723 g/mol. The number of benzene rings is 4. The molecule has 2 heterocycles. The molecule has 11 nitrogen and oxygen atoms in total. The number of aromatic nitrogens is 2. The maximum absolute atomic E-state index is 13.7. The van der Waals surface area contributed by atoms with Crippen molar-refractivity contribution in [2.24, 2.45) is 0 Å². The second-order valence-electron chi connectivity index (χ2n) is 14.6. The number of carbonyl (C=O) groups is 1. The van der Waals surface area contributed by atoms with Gasteiger partial charge in [0.1, 0.15) is 0 Å². The van der Waals surface area contributed by atoms with Crippen molar-refractivity contribution in [1.29, 1.82) is 5.26 Å². The van der Waals surface area contributed by atoms with E-state index in [0.29, 0.717) is 12.0 Å². The molecule has 56 heavy (non-hydrogen) atoms. The SMILES string of the molecule is CC(C)N(C(C)C)[PH](O)(CCC#N)OC[C@H]1O[C@@H](n2ccc(NC(=O)c3ccccc3)nc2=O)C[C@@H]1NC(c1ccccc1)(c1ccccc1)c1ccccc1. The second kappa shape index (κ2) is 18.3. The zero-order chi connectivity index (χ0) is 39.7. The quantitative estimate of drug-likeness (QED) is 0.0697. The minimum absolute atomic E-state index is 0.000101. The van der Waals surface area contributed by atoms with Crippen molar-refractivity contribution in [3.05, 3.63) is 166 Å². The van der Waals surface area contributed by atoms with Crippen molar-refractivity contribution in [2.45, 2.75) is 76.5 Å². The molecule has 1 aliphatic heterocycles. The first-order chi connectivity index (χ1) is 27.1. The van der Waals surface area contributed by atoms with Gasteiger partial charge < -0.3 is 0 Å². The average molecular weight is 775 g/mol. The fourth-order valence-corrected chi connectivity index (χ4v) is 10.9. The van der Waals surface area contributed by atoms with Crippen molar-refractivity contribution in [3.63, 3.8) is 0 Å². The Balaban J connectivity index is 1.40. The van der Waals surface area contributed by atoms with Crippen LogP contribution in [0.2, 0.25) is 0 Å². The number of carbonyl (C=O) groups excluding carboxylic acids is 1. The van der Waals surface area contributed by atoms with E-state index in [2.05, 4.69) is 58.1 Å². The Morgan fingerprint density at radius 1 is 0.911 bits per heavy atom. The van der Waals surface area contributed by atoms with Crippen LogP contribution in [0.1, 0.15) is 73.8 Å². The van der Waals surface area contributed by atoms with Gasteiger partial charge in [-0.1, -0.05) is 18.2 Å². The molecule has 0 spiro atoms. The van der Waals surface area contributed by atoms with Crippen LogP contribution in [0.25, 0.3) is 0 Å². The standard InChI is InChI=1S/C44H51N6O5P/c1-32(2)50(33(3)4)56(53,29-17-27-45)54-31-39-38(30-41(55-39)49-28-26-40(47-43(49)52)46-42(51)34-18-9-5-10-19-34)48-44(35-20-11-6-12-21-35,36-22-13-7-14-23-36)37-24-15-8-16-25-37/h5-16,18-26,28,32-33,38-39,41,48,53,56H,17,29-31H2,1-4H3,(H,46,47,51,52)/t38-,39+,41+/m0/s1. The molecular formula is C44H51N6O5P. The molecule has 0 bridgehead atoms. The molecule has 292 valence electrons. The average Bonchev–Trinajstić information content (AvgIpc) is 3.61. The van der Waals surface area contributed by atoms with Crippen LogP contribution in [-0.4, -0.2) is 62.0 Å². The van der Waals surface area contributed by atoms with Gasteiger partial charge in [-0.15, -0.1) is 0 Å². The van der Waals surface area contributed by atoms with E-state index in [0.717, 1.165) is 16.7 Å². The Hall–Kier alpha value is -5.05. The number of nitriles is 1. The van der Waals surface area contributed by atoms with Crippen molar-refractivity contribution < 1.29 is 18.9 Å². The molecule has 4 aromatic carbocycles. The monoisotopic (exact) mass is 774 g/mol. The van der Waals surface area contributed by atoms with Crippen molar-refractivity contribution in [1.82, 2.24) is 19.5 Å². The van der Waals surface area contributed by atoms with Crippen molar-refractivity contribution >= 4 is 19.6 Å². The summed E-state index contributed by atoms with van der Waals surface area (Å²) in [6.07, 6.45) is 0.854. The number of hydrogen-bond acceptors (Lipinski definition) is 9. The molecule has 12 heteroatoms. The van der Waals surface area contributed by atoms with Gasteiger partial charge in [0.15, 0.2) is 0 Å². The van der Waals surface area contributed by atoms with Crippen LogP contribution in [0.15, 0.2) is 138 Å². The number of amides is 1. The van der Waals surface area contributed by atoms with E-state index in [4.69, 9.17) is 9.26 Å². The molecule has 3 N–H and O–H groups in total. The Labute approximate surface area is 329 Å². The van der Waals surface area contributed by atoms with Gasteiger partial charge >= 0.3 is 300 Å². The van der Waals surface area contributed by atoms with Crippen LogP contribution >= 0.6 is 7.87 Å². The Morgan fingerprint density at radius 2 is 1.43 bits per heavy atom. The first kappa shape index (κ1) is 40.6. The number of rotatable bonds is 16. The predicted molar refractivity (Wildman–Crippen MR) is 221 cm³/mol. The van der Waals surface area contributed by atoms with Gasteiger partial charge in [0, 0.05) is 0 Å². The van der Waals surface area contributed by atoms with Gasteiger partial charge in [-0.25, -0.2) is 0 Å². The molecule has 0 radical (unpaired) electrons. The third-order valence-electron chi connectivity index (χ3n) is 10.2. The summed E-state index contributed by atoms with van der Waals surface area (Å²) in [5, 5.41) is 16.3. The van der Waals surface area contributed by atoms with Gasteiger partial charge in [0.25, 0.3) is 0 Å². The fourth-order valence-electron chi connectivity index (χ4n) is 7.89. The summed E-state index contributed by atoms with van der Waals surface area (Å²) in [6, 6.07) is 42.6. The summed E-state index contributed by atoms with van der Waals surface area (Å²) in [5.74, 6) is -0.252. The molecule has 5 aromatic rings. The van der Waals surface area contributed by atoms with Gasteiger partial charge in [0.05, 0.1) is 0 Å². The van der Waals surface area contributed by atoms with Crippen LogP contribution in [0, 0.1) is 11.3 Å². The van der Waals surface area contributed by atoms with Crippen molar-refractivity contribution in [3.8, 4) is 6.07 Å². The minimum atomic E-state index is -3.66. The Morgan fingerprint density at radius 3 is 1.91 bits per heavy atom.